The van der Waals surface area contributed by atoms with Gasteiger partial charge in [-0.1, -0.05) is 0 Å². The van der Waals surface area contributed by atoms with E-state index in [1.165, 1.54) is 19.2 Å². The van der Waals surface area contributed by atoms with E-state index in [1.807, 2.05) is 0 Å². The van der Waals surface area contributed by atoms with Crippen molar-refractivity contribution in [2.75, 3.05) is 19.0 Å². The van der Waals surface area contributed by atoms with Crippen LogP contribution in [0, 0.1) is 0 Å². The van der Waals surface area contributed by atoms with Gasteiger partial charge in [-0.2, -0.15) is 0 Å². The summed E-state index contributed by atoms with van der Waals surface area (Å²) >= 11 is 0. The fourth-order valence-corrected chi connectivity index (χ4v) is 1.88. The lowest BCUT2D eigenvalue weighted by atomic mass is 10.5. The van der Waals surface area contributed by atoms with Gasteiger partial charge in [0.2, 0.25) is 15.9 Å². The highest BCUT2D eigenvalue weighted by molar-refractivity contribution is 7.89. The maximum atomic E-state index is 11.7. The zero-order valence-corrected chi connectivity index (χ0v) is 9.91. The summed E-state index contributed by atoms with van der Waals surface area (Å²) < 4.78 is 25.5. The molecule has 0 aliphatic rings. The molecule has 0 bridgehead atoms. The van der Waals surface area contributed by atoms with Crippen molar-refractivity contribution in [1.82, 2.24) is 15.0 Å². The van der Waals surface area contributed by atoms with E-state index in [0.717, 1.165) is 6.20 Å². The number of hydrogen-bond donors (Lipinski definition) is 4. The third-order valence-electron chi connectivity index (χ3n) is 1.90. The van der Waals surface area contributed by atoms with Gasteiger partial charge in [-0.15, -0.1) is 0 Å². The Bertz CT molecular complexity index is 484. The van der Waals surface area contributed by atoms with Crippen LogP contribution in [0.4, 0.5) is 5.82 Å². The number of nitrogens with one attached hydrogen (secondary N) is 3. The molecule has 8 nitrogen and oxygen atoms in total. The molecular weight excluding hydrogens is 246 g/mol. The monoisotopic (exact) mass is 259 g/mol. The second-order valence-corrected chi connectivity index (χ2v) is 4.79. The molecule has 0 saturated heterocycles. The quantitative estimate of drug-likeness (QED) is 0.372. The van der Waals surface area contributed by atoms with Crippen LogP contribution in [0.1, 0.15) is 0 Å². The summed E-state index contributed by atoms with van der Waals surface area (Å²) in [6.07, 6.45) is 1.14. The first-order valence-corrected chi connectivity index (χ1v) is 6.11. The SMILES string of the molecule is CNC(=O)CNS(=O)(=O)c1ccc(NN)nc1. The highest BCUT2D eigenvalue weighted by Gasteiger charge is 2.15. The molecule has 0 unspecified atom stereocenters. The van der Waals surface area contributed by atoms with Crippen LogP contribution in [0.3, 0.4) is 0 Å². The number of nitrogens with zero attached hydrogens (tertiary/aromatic N) is 1. The molecule has 0 fully saturated rings. The first-order valence-electron chi connectivity index (χ1n) is 4.62. The van der Waals surface area contributed by atoms with Gasteiger partial charge in [0.05, 0.1) is 6.54 Å². The van der Waals surface area contributed by atoms with Crippen molar-refractivity contribution in [2.24, 2.45) is 5.84 Å². The highest BCUT2D eigenvalue weighted by Crippen LogP contribution is 2.09. The van der Waals surface area contributed by atoms with Crippen molar-refractivity contribution in [1.29, 1.82) is 0 Å². The van der Waals surface area contributed by atoms with Gasteiger partial charge in [0.1, 0.15) is 10.7 Å². The van der Waals surface area contributed by atoms with Gasteiger partial charge in [0.25, 0.3) is 0 Å². The molecule has 0 aromatic carbocycles. The third kappa shape index (κ3) is 3.66. The van der Waals surface area contributed by atoms with Gasteiger partial charge < -0.3 is 10.7 Å². The van der Waals surface area contributed by atoms with Crippen molar-refractivity contribution < 1.29 is 13.2 Å². The number of carbonyl (C=O) groups is 1. The summed E-state index contributed by atoms with van der Waals surface area (Å²) in [7, 11) is -2.32. The van der Waals surface area contributed by atoms with Gasteiger partial charge >= 0.3 is 0 Å². The van der Waals surface area contributed by atoms with Crippen LogP contribution in [0.25, 0.3) is 0 Å². The first kappa shape index (κ1) is 13.4. The minimum atomic E-state index is -3.73. The van der Waals surface area contributed by atoms with E-state index < -0.39 is 15.9 Å². The summed E-state index contributed by atoms with van der Waals surface area (Å²) in [6, 6.07) is 2.74. The van der Waals surface area contributed by atoms with E-state index in [2.05, 4.69) is 20.4 Å². The Morgan fingerprint density at radius 1 is 1.47 bits per heavy atom. The van der Waals surface area contributed by atoms with Crippen molar-refractivity contribution >= 4 is 21.7 Å². The van der Waals surface area contributed by atoms with Crippen LogP contribution in [0.15, 0.2) is 23.2 Å². The number of carbonyl (C=O) groups excluding carboxylic acids is 1. The first-order chi connectivity index (χ1) is 7.99. The average Bonchev–Trinajstić information content (AvgIpc) is 2.36. The Morgan fingerprint density at radius 3 is 2.65 bits per heavy atom. The molecule has 0 atom stereocenters. The van der Waals surface area contributed by atoms with Crippen LogP contribution in [-0.4, -0.2) is 32.9 Å². The molecule has 1 amide bonds. The summed E-state index contributed by atoms with van der Waals surface area (Å²) in [4.78, 5) is 14.6. The number of hydrogen-bond acceptors (Lipinski definition) is 6. The molecule has 9 heteroatoms. The van der Waals surface area contributed by atoms with E-state index in [0.29, 0.717) is 5.82 Å². The van der Waals surface area contributed by atoms with Crippen LogP contribution < -0.4 is 21.3 Å². The van der Waals surface area contributed by atoms with Crippen molar-refractivity contribution in [3.05, 3.63) is 18.3 Å². The lowest BCUT2D eigenvalue weighted by molar-refractivity contribution is -0.119. The standard InChI is InChI=1S/C8H13N5O3S/c1-10-8(14)5-12-17(15,16)6-2-3-7(13-9)11-4-6/h2-4,12H,5,9H2,1H3,(H,10,14)(H,11,13). The third-order valence-corrected chi connectivity index (χ3v) is 3.28. The van der Waals surface area contributed by atoms with E-state index >= 15 is 0 Å². The minimum Gasteiger partial charge on any atom is -0.358 e. The maximum absolute atomic E-state index is 11.7. The van der Waals surface area contributed by atoms with Crippen LogP contribution >= 0.6 is 0 Å². The van der Waals surface area contributed by atoms with Crippen LogP contribution in [0.5, 0.6) is 0 Å². The molecule has 0 radical (unpaired) electrons. The minimum absolute atomic E-state index is 0.0413. The number of nitrogens with two attached hydrogens (primary N) is 1. The van der Waals surface area contributed by atoms with Gasteiger partial charge in [0.15, 0.2) is 0 Å². The number of hydrazine groups is 1. The van der Waals surface area contributed by atoms with Gasteiger partial charge in [-0.05, 0) is 12.1 Å². The van der Waals surface area contributed by atoms with E-state index in [4.69, 9.17) is 5.84 Å². The van der Waals surface area contributed by atoms with Gasteiger partial charge in [-0.3, -0.25) is 4.79 Å². The Kier molecular flexibility index (Phi) is 4.37. The zero-order valence-electron chi connectivity index (χ0n) is 9.10. The second-order valence-electron chi connectivity index (χ2n) is 3.02. The molecule has 1 rings (SSSR count). The van der Waals surface area contributed by atoms with Crippen molar-refractivity contribution in [2.45, 2.75) is 4.90 Å². The zero-order chi connectivity index (χ0) is 12.9. The molecule has 1 aromatic rings. The topological polar surface area (TPSA) is 126 Å². The van der Waals surface area contributed by atoms with E-state index in [1.54, 1.807) is 0 Å². The number of sulfonamides is 1. The number of amides is 1. The molecule has 5 N–H and O–H groups in total. The summed E-state index contributed by atoms with van der Waals surface area (Å²) in [5.74, 6) is 5.01. The Balaban J connectivity index is 2.78. The molecule has 0 saturated carbocycles. The number of likely N-dealkylation sites (N-methyl/N-ethyl adjacent to an activating group) is 1. The number of rotatable bonds is 5. The van der Waals surface area contributed by atoms with E-state index in [9.17, 15) is 13.2 Å². The maximum Gasteiger partial charge on any atom is 0.242 e. The Labute approximate surface area is 98.6 Å². The normalized spacial score (nSPS) is 10.9. The van der Waals surface area contributed by atoms with Crippen LogP contribution in [-0.2, 0) is 14.8 Å². The molecule has 0 spiro atoms. The van der Waals surface area contributed by atoms with Gasteiger partial charge in [-0.25, -0.2) is 24.0 Å². The lowest BCUT2D eigenvalue weighted by Crippen LogP contribution is -2.35. The predicted octanol–water partition coefficient (Wildman–Crippen LogP) is -1.61. The van der Waals surface area contributed by atoms with Gasteiger partial charge in [0, 0.05) is 13.2 Å². The predicted molar refractivity (Wildman–Crippen MR) is 61.3 cm³/mol. The van der Waals surface area contributed by atoms with E-state index in [-0.39, 0.29) is 11.4 Å². The average molecular weight is 259 g/mol. The molecule has 0 aliphatic heterocycles. The summed E-state index contributed by atoms with van der Waals surface area (Å²) in [5, 5.41) is 2.30. The summed E-state index contributed by atoms with van der Waals surface area (Å²) in [5.41, 5.74) is 2.27. The van der Waals surface area contributed by atoms with Crippen molar-refractivity contribution in [3.63, 3.8) is 0 Å². The molecule has 1 aromatic heterocycles. The number of nitrogen functional groups attached to an aromatic ring is 1. The fraction of sp³-hybridized carbons (Fsp3) is 0.250. The largest absolute Gasteiger partial charge is 0.358 e. The highest BCUT2D eigenvalue weighted by atomic mass is 32.2. The molecule has 17 heavy (non-hydrogen) atoms. The lowest BCUT2D eigenvalue weighted by Gasteiger charge is -2.06. The molecular formula is C8H13N5O3S. The Morgan fingerprint density at radius 2 is 2.18 bits per heavy atom. The number of aromatic nitrogens is 1. The van der Waals surface area contributed by atoms with Crippen LogP contribution in [0.2, 0.25) is 0 Å². The number of pyridine rings is 1. The summed E-state index contributed by atoms with van der Waals surface area (Å²) in [6.45, 7) is -0.324. The fourth-order valence-electron chi connectivity index (χ4n) is 0.957. The number of anilines is 1. The second kappa shape index (κ2) is 5.57. The molecule has 1 heterocycles. The Hall–Kier alpha value is -1.71. The smallest absolute Gasteiger partial charge is 0.242 e. The van der Waals surface area contributed by atoms with Crippen molar-refractivity contribution in [3.8, 4) is 0 Å². The molecule has 94 valence electrons. The molecule has 0 aliphatic carbocycles.